The van der Waals surface area contributed by atoms with Gasteiger partial charge < -0.3 is 29.7 Å². The Kier molecular flexibility index (Phi) is 9.55. The van der Waals surface area contributed by atoms with E-state index < -0.39 is 0 Å². The molecule has 1 fully saturated rings. The SMILES string of the molecule is COCCOc1nc(N)c2[nH]c(=O)n(CCC3CCN(CCOc4cccc(CC(=O)OC)c4)CC3)c2n1. The highest BCUT2D eigenvalue weighted by molar-refractivity contribution is 5.81. The molecule has 3 N–H and O–H groups in total. The van der Waals surface area contributed by atoms with Crippen LogP contribution in [-0.2, 0) is 27.2 Å². The number of H-pyrrole nitrogens is 1. The molecular formula is C26H36N6O6. The van der Waals surface area contributed by atoms with E-state index in [4.69, 9.17) is 24.7 Å². The van der Waals surface area contributed by atoms with Gasteiger partial charge in [0.25, 0.3) is 0 Å². The molecule has 3 heterocycles. The zero-order valence-electron chi connectivity index (χ0n) is 22.0. The number of esters is 1. The van der Waals surface area contributed by atoms with Gasteiger partial charge in [-0.05, 0) is 56.0 Å². The number of piperidine rings is 1. The Morgan fingerprint density at radius 3 is 2.68 bits per heavy atom. The number of nitrogens with zero attached hydrogens (tertiary/aromatic N) is 4. The predicted octanol–water partition coefficient (Wildman–Crippen LogP) is 1.62. The van der Waals surface area contributed by atoms with Crippen LogP contribution < -0.4 is 20.9 Å². The lowest BCUT2D eigenvalue weighted by atomic mass is 9.93. The van der Waals surface area contributed by atoms with Crippen LogP contribution in [0.2, 0.25) is 0 Å². The quantitative estimate of drug-likeness (QED) is 0.248. The van der Waals surface area contributed by atoms with Crippen LogP contribution >= 0.6 is 0 Å². The number of fused-ring (bicyclic) bond motifs is 1. The number of hydrogen-bond acceptors (Lipinski definition) is 10. The van der Waals surface area contributed by atoms with Crippen molar-refractivity contribution in [3.63, 3.8) is 0 Å². The number of nitrogens with two attached hydrogens (primary N) is 1. The van der Waals surface area contributed by atoms with Crippen molar-refractivity contribution in [3.8, 4) is 11.8 Å². The molecule has 206 valence electrons. The molecule has 0 aliphatic carbocycles. The standard InChI is InChI=1S/C26H36N6O6/c1-35-14-15-38-25-29-23(27)22-24(30-25)32(26(34)28-22)11-8-18-6-9-31(10-7-18)12-13-37-20-5-3-4-19(16-20)17-21(33)36-2/h3-5,16,18H,6-15,17H2,1-2H3,(H,28,34)(H2,27,29,30). The summed E-state index contributed by atoms with van der Waals surface area (Å²) >= 11 is 0. The third-order valence-corrected chi connectivity index (χ3v) is 6.77. The molecule has 0 spiro atoms. The van der Waals surface area contributed by atoms with Crippen molar-refractivity contribution in [2.75, 3.05) is 59.4 Å². The average molecular weight is 529 g/mol. The molecule has 0 bridgehead atoms. The molecule has 1 saturated heterocycles. The van der Waals surface area contributed by atoms with Gasteiger partial charge in [0, 0.05) is 20.2 Å². The van der Waals surface area contributed by atoms with Gasteiger partial charge >= 0.3 is 17.7 Å². The maximum absolute atomic E-state index is 12.6. The van der Waals surface area contributed by atoms with Crippen LogP contribution in [0.5, 0.6) is 11.8 Å². The fourth-order valence-corrected chi connectivity index (χ4v) is 4.61. The highest BCUT2D eigenvalue weighted by Crippen LogP contribution is 2.23. The first-order valence-corrected chi connectivity index (χ1v) is 12.9. The molecule has 4 rings (SSSR count). The van der Waals surface area contributed by atoms with E-state index in [1.54, 1.807) is 11.7 Å². The minimum Gasteiger partial charge on any atom is -0.492 e. The lowest BCUT2D eigenvalue weighted by Crippen LogP contribution is -2.36. The molecular weight excluding hydrogens is 492 g/mol. The van der Waals surface area contributed by atoms with Gasteiger partial charge in [-0.1, -0.05) is 12.1 Å². The number of aromatic amines is 1. The van der Waals surface area contributed by atoms with E-state index in [9.17, 15) is 9.59 Å². The number of rotatable bonds is 13. The van der Waals surface area contributed by atoms with Crippen LogP contribution in [0.25, 0.3) is 11.2 Å². The zero-order valence-corrected chi connectivity index (χ0v) is 22.0. The Morgan fingerprint density at radius 1 is 1.11 bits per heavy atom. The summed E-state index contributed by atoms with van der Waals surface area (Å²) in [4.78, 5) is 37.8. The van der Waals surface area contributed by atoms with Gasteiger partial charge in [0.05, 0.1) is 20.1 Å². The molecule has 1 aliphatic rings. The fraction of sp³-hybridized carbons (Fsp3) is 0.538. The van der Waals surface area contributed by atoms with E-state index in [1.807, 2.05) is 24.3 Å². The molecule has 38 heavy (non-hydrogen) atoms. The van der Waals surface area contributed by atoms with Gasteiger partial charge in [-0.2, -0.15) is 9.97 Å². The van der Waals surface area contributed by atoms with E-state index in [0.29, 0.717) is 43.4 Å². The van der Waals surface area contributed by atoms with Crippen molar-refractivity contribution in [1.29, 1.82) is 0 Å². The summed E-state index contributed by atoms with van der Waals surface area (Å²) in [5.74, 6) is 1.18. The number of anilines is 1. The number of nitrogen functional groups attached to an aromatic ring is 1. The largest absolute Gasteiger partial charge is 0.492 e. The molecule has 0 unspecified atom stereocenters. The summed E-state index contributed by atoms with van der Waals surface area (Å²) in [6.45, 7) is 4.60. The normalized spacial score (nSPS) is 14.6. The van der Waals surface area contributed by atoms with Crippen LogP contribution in [0.3, 0.4) is 0 Å². The van der Waals surface area contributed by atoms with E-state index in [2.05, 4.69) is 19.9 Å². The van der Waals surface area contributed by atoms with Crippen LogP contribution in [0.15, 0.2) is 29.1 Å². The maximum Gasteiger partial charge on any atom is 0.327 e. The third-order valence-electron chi connectivity index (χ3n) is 6.77. The first-order valence-electron chi connectivity index (χ1n) is 12.9. The first-order chi connectivity index (χ1) is 18.5. The number of aryl methyl sites for hydroxylation is 1. The predicted molar refractivity (Wildman–Crippen MR) is 141 cm³/mol. The van der Waals surface area contributed by atoms with Gasteiger partial charge in [0.1, 0.15) is 24.5 Å². The first kappa shape index (κ1) is 27.4. The lowest BCUT2D eigenvalue weighted by Gasteiger charge is -2.31. The maximum atomic E-state index is 12.6. The number of aromatic nitrogens is 4. The number of methoxy groups -OCH3 is 2. The fourth-order valence-electron chi connectivity index (χ4n) is 4.61. The number of ether oxygens (including phenoxy) is 4. The van der Waals surface area contributed by atoms with Gasteiger partial charge in [0.2, 0.25) is 0 Å². The summed E-state index contributed by atoms with van der Waals surface area (Å²) < 4.78 is 22.7. The Morgan fingerprint density at radius 2 is 1.92 bits per heavy atom. The molecule has 0 atom stereocenters. The van der Waals surface area contributed by atoms with Crippen LogP contribution in [0, 0.1) is 5.92 Å². The minimum atomic E-state index is -0.270. The lowest BCUT2D eigenvalue weighted by molar-refractivity contribution is -0.139. The molecule has 2 aromatic heterocycles. The van der Waals surface area contributed by atoms with E-state index in [1.165, 1.54) is 7.11 Å². The number of likely N-dealkylation sites (tertiary alicyclic amines) is 1. The Balaban J connectivity index is 1.23. The topological polar surface area (TPSA) is 147 Å². The van der Waals surface area contributed by atoms with Gasteiger partial charge in [0.15, 0.2) is 11.5 Å². The van der Waals surface area contributed by atoms with Crippen molar-refractivity contribution in [2.45, 2.75) is 32.2 Å². The van der Waals surface area contributed by atoms with Crippen LogP contribution in [-0.4, -0.2) is 84.1 Å². The van der Waals surface area contributed by atoms with E-state index >= 15 is 0 Å². The second kappa shape index (κ2) is 13.2. The highest BCUT2D eigenvalue weighted by Gasteiger charge is 2.21. The second-order valence-electron chi connectivity index (χ2n) is 9.34. The Hall–Kier alpha value is -3.64. The molecule has 0 saturated carbocycles. The van der Waals surface area contributed by atoms with Crippen molar-refractivity contribution < 1.29 is 23.7 Å². The summed E-state index contributed by atoms with van der Waals surface area (Å²) in [6, 6.07) is 7.67. The van der Waals surface area contributed by atoms with Gasteiger partial charge in [-0.3, -0.25) is 14.3 Å². The smallest absolute Gasteiger partial charge is 0.327 e. The number of carbonyl (C=O) groups is 1. The Labute approximate surface area is 221 Å². The molecule has 3 aromatic rings. The van der Waals surface area contributed by atoms with Crippen molar-refractivity contribution in [3.05, 3.63) is 40.3 Å². The number of carbonyl (C=O) groups excluding carboxylic acids is 1. The highest BCUT2D eigenvalue weighted by atomic mass is 16.5. The summed E-state index contributed by atoms with van der Waals surface area (Å²) in [6.07, 6.45) is 3.20. The molecule has 12 heteroatoms. The molecule has 0 amide bonds. The molecule has 1 aliphatic heterocycles. The zero-order chi connectivity index (χ0) is 26.9. The average Bonchev–Trinajstić information content (AvgIpc) is 3.24. The number of hydrogen-bond donors (Lipinski definition) is 2. The molecule has 12 nitrogen and oxygen atoms in total. The molecule has 0 radical (unpaired) electrons. The number of nitrogens with one attached hydrogen (secondary N) is 1. The van der Waals surface area contributed by atoms with E-state index in [0.717, 1.165) is 50.2 Å². The van der Waals surface area contributed by atoms with Crippen LogP contribution in [0.4, 0.5) is 5.82 Å². The minimum absolute atomic E-state index is 0.130. The number of imidazole rings is 1. The summed E-state index contributed by atoms with van der Waals surface area (Å²) in [5, 5.41) is 0. The summed E-state index contributed by atoms with van der Waals surface area (Å²) in [5.41, 5.74) is 7.53. The third kappa shape index (κ3) is 7.23. The Bertz CT molecular complexity index is 1270. The van der Waals surface area contributed by atoms with E-state index in [-0.39, 0.29) is 29.9 Å². The molecule has 1 aromatic carbocycles. The van der Waals surface area contributed by atoms with Gasteiger partial charge in [-0.15, -0.1) is 0 Å². The van der Waals surface area contributed by atoms with Gasteiger partial charge in [-0.25, -0.2) is 4.79 Å². The summed E-state index contributed by atoms with van der Waals surface area (Å²) in [7, 11) is 2.97. The monoisotopic (exact) mass is 528 g/mol. The number of benzene rings is 1. The second-order valence-corrected chi connectivity index (χ2v) is 9.34. The van der Waals surface area contributed by atoms with Crippen molar-refractivity contribution >= 4 is 23.0 Å². The van der Waals surface area contributed by atoms with Crippen molar-refractivity contribution in [1.82, 2.24) is 24.4 Å². The van der Waals surface area contributed by atoms with Crippen LogP contribution in [0.1, 0.15) is 24.8 Å². The van der Waals surface area contributed by atoms with Crippen molar-refractivity contribution in [2.24, 2.45) is 5.92 Å².